The van der Waals surface area contributed by atoms with Crippen LogP contribution in [0.4, 0.5) is 17.1 Å². The lowest BCUT2D eigenvalue weighted by Crippen LogP contribution is -2.30. The van der Waals surface area contributed by atoms with E-state index in [1.807, 2.05) is 6.07 Å². The van der Waals surface area contributed by atoms with Crippen LogP contribution >= 0.6 is 0 Å². The van der Waals surface area contributed by atoms with Crippen LogP contribution in [-0.2, 0) is 23.7 Å². The fourth-order valence-electron chi connectivity index (χ4n) is 10.7. The van der Waals surface area contributed by atoms with E-state index in [1.54, 1.807) is 0 Å². The van der Waals surface area contributed by atoms with E-state index in [0.717, 1.165) is 51.8 Å². The van der Waals surface area contributed by atoms with E-state index >= 15 is 0 Å². The standard InChI is InChI=1S/C54H39NO/c1-53(2)47-20-10-5-15-39(47)41-28-25-36(31-49(41)53)55(38-27-30-44-43-17-7-12-22-51(43)56-52(44)33-38)37-26-29-42-40-16-6-11-21-48(40)54(50(42)32-37)45-18-8-3-13-34(45)23-24-35-14-4-9-19-46(35)54/h3-22,25-33H,23-24H2,1-2H3. The summed E-state index contributed by atoms with van der Waals surface area (Å²) in [5.41, 5.74) is 20.8. The first kappa shape index (κ1) is 31.7. The molecule has 0 N–H and O–H groups in total. The molecule has 3 aliphatic carbocycles. The van der Waals surface area contributed by atoms with Crippen LogP contribution in [0.1, 0.15) is 58.4 Å². The predicted octanol–water partition coefficient (Wildman–Crippen LogP) is 13.8. The van der Waals surface area contributed by atoms with Crippen molar-refractivity contribution in [3.05, 3.63) is 220 Å². The van der Waals surface area contributed by atoms with E-state index in [4.69, 9.17) is 4.42 Å². The number of aryl methyl sites for hydroxylation is 2. The number of nitrogens with zero attached hydrogens (tertiary/aromatic N) is 1. The monoisotopic (exact) mass is 717 g/mol. The first-order valence-electron chi connectivity index (χ1n) is 19.9. The molecule has 0 saturated carbocycles. The third-order valence-corrected chi connectivity index (χ3v) is 13.2. The predicted molar refractivity (Wildman–Crippen MR) is 231 cm³/mol. The first-order valence-corrected chi connectivity index (χ1v) is 19.9. The molecule has 2 nitrogen and oxygen atoms in total. The molecule has 0 atom stereocenters. The Hall–Kier alpha value is -6.64. The fraction of sp³-hybridized carbons (Fsp3) is 0.111. The number of furan rings is 1. The van der Waals surface area contributed by atoms with E-state index in [9.17, 15) is 0 Å². The average Bonchev–Trinajstić information content (AvgIpc) is 3.79. The normalized spacial score (nSPS) is 15.1. The van der Waals surface area contributed by atoms with Gasteiger partial charge in [0.2, 0.25) is 0 Å². The van der Waals surface area contributed by atoms with Gasteiger partial charge < -0.3 is 9.32 Å². The Morgan fingerprint density at radius 2 is 0.875 bits per heavy atom. The molecule has 56 heavy (non-hydrogen) atoms. The highest BCUT2D eigenvalue weighted by molar-refractivity contribution is 6.06. The van der Waals surface area contributed by atoms with E-state index < -0.39 is 5.41 Å². The quantitative estimate of drug-likeness (QED) is 0.181. The van der Waals surface area contributed by atoms with Crippen molar-refractivity contribution in [3.63, 3.8) is 0 Å². The molecule has 9 aromatic rings. The second-order valence-electron chi connectivity index (χ2n) is 16.4. The Morgan fingerprint density at radius 1 is 0.393 bits per heavy atom. The molecule has 1 heterocycles. The van der Waals surface area contributed by atoms with Crippen molar-refractivity contribution in [2.75, 3.05) is 4.90 Å². The third-order valence-electron chi connectivity index (χ3n) is 13.2. The van der Waals surface area contributed by atoms with Crippen LogP contribution in [0.25, 0.3) is 44.2 Å². The van der Waals surface area contributed by atoms with E-state index in [0.29, 0.717) is 0 Å². The van der Waals surface area contributed by atoms with Crippen LogP contribution in [0, 0.1) is 0 Å². The van der Waals surface area contributed by atoms with Crippen LogP contribution < -0.4 is 4.90 Å². The highest BCUT2D eigenvalue weighted by atomic mass is 16.3. The van der Waals surface area contributed by atoms with Gasteiger partial charge in [-0.2, -0.15) is 0 Å². The summed E-state index contributed by atoms with van der Waals surface area (Å²) >= 11 is 0. The second-order valence-corrected chi connectivity index (χ2v) is 16.4. The molecule has 1 aromatic heterocycles. The summed E-state index contributed by atoms with van der Waals surface area (Å²) in [6, 6.07) is 65.8. The maximum absolute atomic E-state index is 6.54. The summed E-state index contributed by atoms with van der Waals surface area (Å²) in [7, 11) is 0. The second kappa shape index (κ2) is 11.4. The maximum Gasteiger partial charge on any atom is 0.137 e. The number of hydrogen-bond donors (Lipinski definition) is 0. The zero-order valence-corrected chi connectivity index (χ0v) is 31.5. The minimum Gasteiger partial charge on any atom is -0.456 e. The van der Waals surface area contributed by atoms with Gasteiger partial charge in [0.05, 0.1) is 5.41 Å². The largest absolute Gasteiger partial charge is 0.456 e. The van der Waals surface area contributed by atoms with Crippen molar-refractivity contribution in [1.82, 2.24) is 0 Å². The fourth-order valence-corrected chi connectivity index (χ4v) is 10.7. The Morgan fingerprint density at radius 3 is 1.59 bits per heavy atom. The van der Waals surface area contributed by atoms with Crippen LogP contribution in [0.5, 0.6) is 0 Å². The van der Waals surface area contributed by atoms with Crippen LogP contribution in [0.3, 0.4) is 0 Å². The maximum atomic E-state index is 6.54. The van der Waals surface area contributed by atoms with Gasteiger partial charge in [0.1, 0.15) is 11.2 Å². The van der Waals surface area contributed by atoms with Gasteiger partial charge in [-0.1, -0.05) is 141 Å². The third kappa shape index (κ3) is 4.16. The minimum atomic E-state index is -0.457. The lowest BCUT2D eigenvalue weighted by molar-refractivity contribution is 0.660. The van der Waals surface area contributed by atoms with Crippen molar-refractivity contribution in [1.29, 1.82) is 0 Å². The minimum absolute atomic E-state index is 0.131. The smallest absolute Gasteiger partial charge is 0.137 e. The lowest BCUT2D eigenvalue weighted by atomic mass is 9.66. The molecular weight excluding hydrogens is 679 g/mol. The van der Waals surface area contributed by atoms with Gasteiger partial charge in [0.15, 0.2) is 0 Å². The van der Waals surface area contributed by atoms with Crippen molar-refractivity contribution in [2.24, 2.45) is 0 Å². The summed E-state index contributed by atoms with van der Waals surface area (Å²) in [4.78, 5) is 2.46. The first-order chi connectivity index (χ1) is 27.5. The van der Waals surface area contributed by atoms with Gasteiger partial charge in [0.25, 0.3) is 0 Å². The zero-order valence-electron chi connectivity index (χ0n) is 31.5. The van der Waals surface area contributed by atoms with Crippen LogP contribution in [0.15, 0.2) is 180 Å². The van der Waals surface area contributed by atoms with E-state index in [1.165, 1.54) is 66.8 Å². The van der Waals surface area contributed by atoms with Gasteiger partial charge in [-0.25, -0.2) is 0 Å². The Labute approximate surface area is 327 Å². The van der Waals surface area contributed by atoms with Gasteiger partial charge >= 0.3 is 0 Å². The molecule has 0 saturated heterocycles. The summed E-state index contributed by atoms with van der Waals surface area (Å²) < 4.78 is 6.54. The summed E-state index contributed by atoms with van der Waals surface area (Å²) in [6.07, 6.45) is 2.03. The Bertz CT molecular complexity index is 3040. The number of para-hydroxylation sites is 1. The molecule has 3 aliphatic rings. The number of fused-ring (bicyclic) bond motifs is 15. The van der Waals surface area contributed by atoms with Crippen LogP contribution in [-0.4, -0.2) is 0 Å². The molecular formula is C54H39NO. The molecule has 0 amide bonds. The van der Waals surface area contributed by atoms with E-state index in [2.05, 4.69) is 189 Å². The Kier molecular flexibility index (Phi) is 6.47. The molecule has 0 fully saturated rings. The molecule has 2 heteroatoms. The summed E-state index contributed by atoms with van der Waals surface area (Å²) in [5, 5.41) is 2.27. The topological polar surface area (TPSA) is 16.4 Å². The highest BCUT2D eigenvalue weighted by Gasteiger charge is 2.49. The van der Waals surface area contributed by atoms with Gasteiger partial charge in [-0.05, 0) is 122 Å². The van der Waals surface area contributed by atoms with Crippen molar-refractivity contribution in [3.8, 4) is 22.3 Å². The zero-order chi connectivity index (χ0) is 37.2. The van der Waals surface area contributed by atoms with Gasteiger partial charge in [0, 0.05) is 39.3 Å². The molecule has 0 aliphatic heterocycles. The molecule has 266 valence electrons. The van der Waals surface area contributed by atoms with Crippen molar-refractivity contribution in [2.45, 2.75) is 37.5 Å². The van der Waals surface area contributed by atoms with Gasteiger partial charge in [-0.3, -0.25) is 0 Å². The highest BCUT2D eigenvalue weighted by Crippen LogP contribution is 2.60. The molecule has 1 spiro atoms. The number of rotatable bonds is 3. The SMILES string of the molecule is CC1(C)c2ccccc2-c2ccc(N(c3ccc4c(c3)C3(c5ccccc5CCc5ccccc53)c3ccccc3-4)c3ccc4c(c3)oc3ccccc34)cc21. The van der Waals surface area contributed by atoms with Crippen molar-refractivity contribution >= 4 is 39.0 Å². The molecule has 0 unspecified atom stereocenters. The summed E-state index contributed by atoms with van der Waals surface area (Å²) in [6.45, 7) is 4.73. The average molecular weight is 718 g/mol. The van der Waals surface area contributed by atoms with E-state index in [-0.39, 0.29) is 5.41 Å². The number of hydrogen-bond acceptors (Lipinski definition) is 2. The van der Waals surface area contributed by atoms with Gasteiger partial charge in [-0.15, -0.1) is 0 Å². The lowest BCUT2D eigenvalue weighted by Gasteiger charge is -2.36. The van der Waals surface area contributed by atoms with Crippen LogP contribution in [0.2, 0.25) is 0 Å². The van der Waals surface area contributed by atoms with Crippen molar-refractivity contribution < 1.29 is 4.42 Å². The number of benzene rings is 8. The molecule has 12 rings (SSSR count). The Balaban J connectivity index is 1.14. The molecule has 8 aromatic carbocycles. The summed E-state index contributed by atoms with van der Waals surface area (Å²) in [5.74, 6) is 0. The molecule has 0 bridgehead atoms. The molecule has 0 radical (unpaired) electrons. The number of anilines is 3.